The third-order valence-corrected chi connectivity index (χ3v) is 3.70. The van der Waals surface area contributed by atoms with Crippen LogP contribution in [-0.4, -0.2) is 21.1 Å². The van der Waals surface area contributed by atoms with Crippen molar-refractivity contribution in [1.82, 2.24) is 0 Å². The maximum atomic E-state index is 10.8. The summed E-state index contributed by atoms with van der Waals surface area (Å²) >= 11 is 0. The van der Waals surface area contributed by atoms with Crippen LogP contribution in [0.2, 0.25) is 0 Å². The molecule has 5 heteroatoms. The van der Waals surface area contributed by atoms with Gasteiger partial charge >= 0.3 is 10.4 Å². The minimum absolute atomic E-state index is 0.215. The largest absolute Gasteiger partial charge is 0.400 e. The van der Waals surface area contributed by atoms with Gasteiger partial charge in [-0.2, -0.15) is 8.42 Å². The quantitative estimate of drug-likeness (QED) is 0.647. The molecule has 1 unspecified atom stereocenters. The summed E-state index contributed by atoms with van der Waals surface area (Å²) in [4.78, 5) is 0. The van der Waals surface area contributed by atoms with E-state index in [9.17, 15) is 8.42 Å². The van der Waals surface area contributed by atoms with Crippen molar-refractivity contribution in [1.29, 1.82) is 0 Å². The molecule has 13 heavy (non-hydrogen) atoms. The monoisotopic (exact) mass is 206 g/mol. The lowest BCUT2D eigenvalue weighted by molar-refractivity contribution is 0.129. The van der Waals surface area contributed by atoms with Gasteiger partial charge in [-0.3, -0.25) is 0 Å². The van der Waals surface area contributed by atoms with E-state index in [1.54, 1.807) is 0 Å². The van der Waals surface area contributed by atoms with Gasteiger partial charge in [0.15, 0.2) is 0 Å². The Morgan fingerprint density at radius 3 is 2.31 bits per heavy atom. The van der Waals surface area contributed by atoms with Crippen LogP contribution in [-0.2, 0) is 18.8 Å². The SMILES string of the molecule is O=S1(=O)OCC(C2CCCCC2)O1. The first-order valence-electron chi connectivity index (χ1n) is 4.75. The van der Waals surface area contributed by atoms with Crippen molar-refractivity contribution < 1.29 is 16.8 Å². The summed E-state index contributed by atoms with van der Waals surface area (Å²) in [5.74, 6) is 0.381. The lowest BCUT2D eigenvalue weighted by Gasteiger charge is -2.24. The van der Waals surface area contributed by atoms with Gasteiger partial charge in [0.2, 0.25) is 0 Å². The Kier molecular flexibility index (Phi) is 2.58. The van der Waals surface area contributed by atoms with Gasteiger partial charge in [0.25, 0.3) is 0 Å². The minimum atomic E-state index is -3.64. The lowest BCUT2D eigenvalue weighted by atomic mass is 9.85. The van der Waals surface area contributed by atoms with Crippen molar-refractivity contribution in [3.05, 3.63) is 0 Å². The molecule has 0 bridgehead atoms. The molecule has 1 saturated heterocycles. The molecule has 0 aromatic carbocycles. The van der Waals surface area contributed by atoms with Crippen LogP contribution in [0.3, 0.4) is 0 Å². The van der Waals surface area contributed by atoms with Gasteiger partial charge in [-0.1, -0.05) is 19.3 Å². The molecule has 0 spiro atoms. The molecule has 1 aliphatic carbocycles. The number of hydrogen-bond donors (Lipinski definition) is 0. The van der Waals surface area contributed by atoms with Crippen LogP contribution in [0.15, 0.2) is 0 Å². The summed E-state index contributed by atoms with van der Waals surface area (Å²) in [7, 11) is -3.64. The van der Waals surface area contributed by atoms with E-state index >= 15 is 0 Å². The standard InChI is InChI=1S/C8H14O4S/c9-13(10)11-6-8(12-13)7-4-2-1-3-5-7/h7-8H,1-6H2. The Morgan fingerprint density at radius 1 is 1.08 bits per heavy atom. The highest BCUT2D eigenvalue weighted by atomic mass is 32.3. The van der Waals surface area contributed by atoms with Gasteiger partial charge in [0, 0.05) is 0 Å². The molecule has 0 aromatic rings. The third-order valence-electron chi connectivity index (χ3n) is 2.79. The molecule has 0 radical (unpaired) electrons. The number of rotatable bonds is 1. The van der Waals surface area contributed by atoms with E-state index in [1.807, 2.05) is 0 Å². The van der Waals surface area contributed by atoms with Crippen molar-refractivity contribution >= 4 is 10.4 Å². The molecule has 1 saturated carbocycles. The molecule has 2 aliphatic rings. The molecule has 1 atom stereocenters. The second-order valence-electron chi connectivity index (χ2n) is 3.73. The maximum absolute atomic E-state index is 10.8. The fourth-order valence-electron chi connectivity index (χ4n) is 2.08. The number of hydrogen-bond acceptors (Lipinski definition) is 4. The molecule has 2 rings (SSSR count). The highest BCUT2D eigenvalue weighted by Gasteiger charge is 2.36. The molecule has 76 valence electrons. The Bertz CT molecular complexity index is 266. The van der Waals surface area contributed by atoms with E-state index in [2.05, 4.69) is 4.18 Å². The topological polar surface area (TPSA) is 52.6 Å². The van der Waals surface area contributed by atoms with Crippen LogP contribution < -0.4 is 0 Å². The Morgan fingerprint density at radius 2 is 1.77 bits per heavy atom. The zero-order valence-corrected chi connectivity index (χ0v) is 8.26. The maximum Gasteiger partial charge on any atom is 0.400 e. The lowest BCUT2D eigenvalue weighted by Crippen LogP contribution is -2.25. The van der Waals surface area contributed by atoms with Gasteiger partial charge in [-0.25, -0.2) is 8.37 Å². The first-order valence-corrected chi connectivity index (χ1v) is 6.08. The average molecular weight is 206 g/mol. The van der Waals surface area contributed by atoms with Crippen LogP contribution in [0.5, 0.6) is 0 Å². The molecule has 1 aliphatic heterocycles. The minimum Gasteiger partial charge on any atom is -0.245 e. The van der Waals surface area contributed by atoms with Gasteiger partial charge in [-0.05, 0) is 18.8 Å². The normalized spacial score (nSPS) is 34.9. The van der Waals surface area contributed by atoms with E-state index in [1.165, 1.54) is 19.3 Å². The zero-order chi connectivity index (χ0) is 9.31. The van der Waals surface area contributed by atoms with Gasteiger partial charge in [0.05, 0.1) is 6.61 Å². The van der Waals surface area contributed by atoms with Gasteiger partial charge in [-0.15, -0.1) is 0 Å². The van der Waals surface area contributed by atoms with Crippen molar-refractivity contribution in [2.45, 2.75) is 38.2 Å². The summed E-state index contributed by atoms with van der Waals surface area (Å²) in [6, 6.07) is 0. The predicted molar refractivity (Wildman–Crippen MR) is 46.3 cm³/mol. The van der Waals surface area contributed by atoms with Crippen LogP contribution in [0, 0.1) is 5.92 Å². The third kappa shape index (κ3) is 2.21. The van der Waals surface area contributed by atoms with Crippen molar-refractivity contribution in [2.75, 3.05) is 6.61 Å². The van der Waals surface area contributed by atoms with Crippen molar-refractivity contribution in [3.8, 4) is 0 Å². The molecule has 4 nitrogen and oxygen atoms in total. The zero-order valence-electron chi connectivity index (χ0n) is 7.44. The highest BCUT2D eigenvalue weighted by Crippen LogP contribution is 2.31. The van der Waals surface area contributed by atoms with E-state index in [4.69, 9.17) is 4.18 Å². The van der Waals surface area contributed by atoms with E-state index in [0.29, 0.717) is 5.92 Å². The van der Waals surface area contributed by atoms with Crippen molar-refractivity contribution in [2.24, 2.45) is 5.92 Å². The first-order chi connectivity index (χ1) is 6.17. The van der Waals surface area contributed by atoms with Crippen LogP contribution >= 0.6 is 0 Å². The summed E-state index contributed by atoms with van der Waals surface area (Å²) in [6.45, 7) is 0.215. The molecule has 0 aromatic heterocycles. The van der Waals surface area contributed by atoms with E-state index in [-0.39, 0.29) is 12.7 Å². The van der Waals surface area contributed by atoms with Gasteiger partial charge in [0.1, 0.15) is 6.10 Å². The first kappa shape index (κ1) is 9.43. The Hall–Kier alpha value is -0.130. The second-order valence-corrected chi connectivity index (χ2v) is 4.97. The molecular weight excluding hydrogens is 192 g/mol. The van der Waals surface area contributed by atoms with E-state index < -0.39 is 10.4 Å². The molecule has 2 fully saturated rings. The summed E-state index contributed by atoms with van der Waals surface area (Å²) < 4.78 is 31.1. The Labute approximate surface area is 78.6 Å². The van der Waals surface area contributed by atoms with E-state index in [0.717, 1.165) is 12.8 Å². The second kappa shape index (κ2) is 3.55. The van der Waals surface area contributed by atoms with Crippen LogP contribution in [0.25, 0.3) is 0 Å². The van der Waals surface area contributed by atoms with Crippen molar-refractivity contribution in [3.63, 3.8) is 0 Å². The predicted octanol–water partition coefficient (Wildman–Crippen LogP) is 1.23. The van der Waals surface area contributed by atoms with Gasteiger partial charge < -0.3 is 0 Å². The summed E-state index contributed by atoms with van der Waals surface area (Å²) in [5.41, 5.74) is 0. The van der Waals surface area contributed by atoms with Crippen LogP contribution in [0.4, 0.5) is 0 Å². The average Bonchev–Trinajstić information content (AvgIpc) is 2.48. The summed E-state index contributed by atoms with van der Waals surface area (Å²) in [6.07, 6.45) is 5.56. The van der Waals surface area contributed by atoms with Crippen LogP contribution in [0.1, 0.15) is 32.1 Å². The molecular formula is C8H14O4S. The smallest absolute Gasteiger partial charge is 0.245 e. The summed E-state index contributed by atoms with van der Waals surface area (Å²) in [5, 5.41) is 0. The fourth-order valence-corrected chi connectivity index (χ4v) is 2.95. The molecule has 1 heterocycles. The molecule has 0 amide bonds. The fraction of sp³-hybridized carbons (Fsp3) is 1.00. The Balaban J connectivity index is 1.95. The molecule has 0 N–H and O–H groups in total. The highest BCUT2D eigenvalue weighted by molar-refractivity contribution is 7.82.